The van der Waals surface area contributed by atoms with Gasteiger partial charge in [0.1, 0.15) is 0 Å². The van der Waals surface area contributed by atoms with E-state index >= 15 is 0 Å². The van der Waals surface area contributed by atoms with Gasteiger partial charge in [-0.3, -0.25) is 4.90 Å². The molecule has 0 saturated carbocycles. The quantitative estimate of drug-likeness (QED) is 0.805. The molecule has 1 fully saturated rings. The molecule has 1 saturated heterocycles. The van der Waals surface area contributed by atoms with E-state index in [1.165, 1.54) is 17.7 Å². The Kier molecular flexibility index (Phi) is 5.76. The van der Waals surface area contributed by atoms with Crippen molar-refractivity contribution < 1.29 is 4.79 Å². The number of anilines is 1. The molecule has 0 aliphatic carbocycles. The van der Waals surface area contributed by atoms with Crippen molar-refractivity contribution in [2.24, 2.45) is 0 Å². The molecule has 3 rings (SSSR count). The highest BCUT2D eigenvalue weighted by molar-refractivity contribution is 7.10. The van der Waals surface area contributed by atoms with Crippen molar-refractivity contribution in [3.05, 3.63) is 51.7 Å². The summed E-state index contributed by atoms with van der Waals surface area (Å²) in [7, 11) is 0. The molecule has 6 heteroatoms. The number of rotatable bonds is 5. The number of thiophene rings is 1. The maximum absolute atomic E-state index is 12.3. The van der Waals surface area contributed by atoms with E-state index in [2.05, 4.69) is 40.0 Å². The zero-order valence-electron chi connectivity index (χ0n) is 13.7. The number of likely N-dealkylation sites (tertiary alicyclic amines) is 1. The molecule has 0 radical (unpaired) electrons. The Morgan fingerprint density at radius 2 is 2.04 bits per heavy atom. The van der Waals surface area contributed by atoms with Crippen molar-refractivity contribution in [2.45, 2.75) is 31.8 Å². The molecule has 2 atom stereocenters. The van der Waals surface area contributed by atoms with Gasteiger partial charge in [0.25, 0.3) is 0 Å². The summed E-state index contributed by atoms with van der Waals surface area (Å²) in [5, 5.41) is 8.64. The van der Waals surface area contributed by atoms with Gasteiger partial charge in [-0.15, -0.1) is 11.3 Å². The van der Waals surface area contributed by atoms with Crippen LogP contribution in [0.3, 0.4) is 0 Å². The lowest BCUT2D eigenvalue weighted by atomic mass is 10.1. The standard InChI is InChI=1S/C18H22ClN3OS/c1-13(20-18(23)21-15-7-4-6-14(19)12-15)17(16-8-5-11-24-16)22-9-2-3-10-22/h4-8,11-13,17H,2-3,9-10H2,1H3,(H2,20,21,23)/t13-,17+/m1/s1. The molecule has 2 heterocycles. The van der Waals surface area contributed by atoms with Crippen LogP contribution in [0.25, 0.3) is 0 Å². The summed E-state index contributed by atoms with van der Waals surface area (Å²) >= 11 is 7.71. The molecule has 24 heavy (non-hydrogen) atoms. The van der Waals surface area contributed by atoms with Gasteiger partial charge in [0.15, 0.2) is 0 Å². The largest absolute Gasteiger partial charge is 0.333 e. The normalized spacial score (nSPS) is 17.4. The Morgan fingerprint density at radius 3 is 2.71 bits per heavy atom. The molecule has 0 spiro atoms. The predicted octanol–water partition coefficient (Wildman–Crippen LogP) is 4.75. The van der Waals surface area contributed by atoms with E-state index in [0.29, 0.717) is 10.7 Å². The Morgan fingerprint density at radius 1 is 1.25 bits per heavy atom. The molecular formula is C18H22ClN3OS. The average molecular weight is 364 g/mol. The first-order valence-corrected chi connectivity index (χ1v) is 9.50. The number of urea groups is 1. The van der Waals surface area contributed by atoms with Crippen LogP contribution < -0.4 is 10.6 Å². The molecule has 1 aliphatic heterocycles. The number of halogens is 1. The maximum atomic E-state index is 12.3. The fourth-order valence-corrected chi connectivity index (χ4v) is 4.40. The van der Waals surface area contributed by atoms with E-state index in [4.69, 9.17) is 11.6 Å². The van der Waals surface area contributed by atoms with Crippen LogP contribution in [0.15, 0.2) is 41.8 Å². The van der Waals surface area contributed by atoms with Gasteiger partial charge < -0.3 is 10.6 Å². The fourth-order valence-electron chi connectivity index (χ4n) is 3.24. The maximum Gasteiger partial charge on any atom is 0.319 e. The monoisotopic (exact) mass is 363 g/mol. The minimum Gasteiger partial charge on any atom is -0.333 e. The smallest absolute Gasteiger partial charge is 0.319 e. The molecule has 2 amide bonds. The third-order valence-corrected chi connectivity index (χ3v) is 5.46. The molecule has 2 N–H and O–H groups in total. The first-order valence-electron chi connectivity index (χ1n) is 8.24. The van der Waals surface area contributed by atoms with Crippen LogP contribution >= 0.6 is 22.9 Å². The molecule has 4 nitrogen and oxygen atoms in total. The second kappa shape index (κ2) is 8.01. The number of nitrogens with zero attached hydrogens (tertiary/aromatic N) is 1. The van der Waals surface area contributed by atoms with Crippen molar-refractivity contribution in [3.8, 4) is 0 Å². The van der Waals surface area contributed by atoms with Gasteiger partial charge in [-0.05, 0) is 62.5 Å². The van der Waals surface area contributed by atoms with Gasteiger partial charge >= 0.3 is 6.03 Å². The van der Waals surface area contributed by atoms with Crippen molar-refractivity contribution in [1.29, 1.82) is 0 Å². The Bertz CT molecular complexity index is 671. The Labute approximate surface area is 151 Å². The van der Waals surface area contributed by atoms with E-state index in [-0.39, 0.29) is 18.1 Å². The number of benzene rings is 1. The third-order valence-electron chi connectivity index (χ3n) is 4.28. The number of hydrogen-bond donors (Lipinski definition) is 2. The minimum absolute atomic E-state index is 0.0148. The van der Waals surface area contributed by atoms with E-state index < -0.39 is 0 Å². The molecule has 1 aromatic heterocycles. The first kappa shape index (κ1) is 17.3. The van der Waals surface area contributed by atoms with Crippen molar-refractivity contribution in [2.75, 3.05) is 18.4 Å². The van der Waals surface area contributed by atoms with Gasteiger partial charge in [-0.25, -0.2) is 4.79 Å². The lowest BCUT2D eigenvalue weighted by Crippen LogP contribution is -2.45. The summed E-state index contributed by atoms with van der Waals surface area (Å²) in [6, 6.07) is 11.4. The van der Waals surface area contributed by atoms with Gasteiger partial charge in [0, 0.05) is 21.6 Å². The molecule has 128 valence electrons. The summed E-state index contributed by atoms with van der Waals surface area (Å²) in [6.45, 7) is 4.25. The van der Waals surface area contributed by atoms with Gasteiger partial charge in [0.2, 0.25) is 0 Å². The van der Waals surface area contributed by atoms with Gasteiger partial charge in [-0.2, -0.15) is 0 Å². The molecule has 1 aliphatic rings. The van der Waals surface area contributed by atoms with Crippen LogP contribution in [-0.4, -0.2) is 30.1 Å². The second-order valence-electron chi connectivity index (χ2n) is 6.10. The average Bonchev–Trinajstić information content (AvgIpc) is 3.21. The number of carbonyl (C=O) groups excluding carboxylic acids is 1. The number of hydrogen-bond acceptors (Lipinski definition) is 3. The van der Waals surface area contributed by atoms with E-state index in [9.17, 15) is 4.79 Å². The number of carbonyl (C=O) groups is 1. The van der Waals surface area contributed by atoms with E-state index in [0.717, 1.165) is 13.1 Å². The zero-order chi connectivity index (χ0) is 16.9. The first-order chi connectivity index (χ1) is 11.6. The molecular weight excluding hydrogens is 342 g/mol. The topological polar surface area (TPSA) is 44.4 Å². The third kappa shape index (κ3) is 4.29. The lowest BCUT2D eigenvalue weighted by molar-refractivity contribution is 0.200. The Balaban J connectivity index is 1.66. The van der Waals surface area contributed by atoms with Crippen LogP contribution in [-0.2, 0) is 0 Å². The molecule has 2 aromatic rings. The highest BCUT2D eigenvalue weighted by Crippen LogP contribution is 2.31. The SMILES string of the molecule is C[C@@H](NC(=O)Nc1cccc(Cl)c1)[C@@H](c1cccs1)N1CCCC1. The van der Waals surface area contributed by atoms with Crippen LogP contribution in [0.2, 0.25) is 5.02 Å². The number of nitrogens with one attached hydrogen (secondary N) is 2. The van der Waals surface area contributed by atoms with Crippen LogP contribution in [0.1, 0.15) is 30.7 Å². The summed E-state index contributed by atoms with van der Waals surface area (Å²) in [4.78, 5) is 16.1. The fraction of sp³-hybridized carbons (Fsp3) is 0.389. The van der Waals surface area contributed by atoms with Gasteiger partial charge in [-0.1, -0.05) is 23.7 Å². The molecule has 0 bridgehead atoms. The van der Waals surface area contributed by atoms with E-state index in [1.54, 1.807) is 23.5 Å². The zero-order valence-corrected chi connectivity index (χ0v) is 15.2. The summed E-state index contributed by atoms with van der Waals surface area (Å²) < 4.78 is 0. The van der Waals surface area contributed by atoms with Gasteiger partial charge in [0.05, 0.1) is 6.04 Å². The molecule has 1 aromatic carbocycles. The van der Waals surface area contributed by atoms with Crippen LogP contribution in [0.4, 0.5) is 10.5 Å². The summed E-state index contributed by atoms with van der Waals surface area (Å²) in [5.41, 5.74) is 0.695. The van der Waals surface area contributed by atoms with Crippen molar-refractivity contribution in [3.63, 3.8) is 0 Å². The lowest BCUT2D eigenvalue weighted by Gasteiger charge is -2.32. The van der Waals surface area contributed by atoms with E-state index in [1.807, 2.05) is 12.1 Å². The second-order valence-corrected chi connectivity index (χ2v) is 7.52. The van der Waals surface area contributed by atoms with Crippen LogP contribution in [0, 0.1) is 0 Å². The van der Waals surface area contributed by atoms with Crippen molar-refractivity contribution >= 4 is 34.7 Å². The summed E-state index contributed by atoms with van der Waals surface area (Å²) in [5.74, 6) is 0. The predicted molar refractivity (Wildman–Crippen MR) is 101 cm³/mol. The molecule has 0 unspecified atom stereocenters. The highest BCUT2D eigenvalue weighted by atomic mass is 35.5. The summed E-state index contributed by atoms with van der Waals surface area (Å²) in [6.07, 6.45) is 2.45. The minimum atomic E-state index is -0.203. The highest BCUT2D eigenvalue weighted by Gasteiger charge is 2.29. The van der Waals surface area contributed by atoms with Crippen molar-refractivity contribution in [1.82, 2.24) is 10.2 Å². The Hall–Kier alpha value is -1.56. The van der Waals surface area contributed by atoms with Crippen LogP contribution in [0.5, 0.6) is 0 Å². The number of amides is 2.